The number of rotatable bonds is 4. The van der Waals surface area contributed by atoms with E-state index in [4.69, 9.17) is 10.1 Å². The van der Waals surface area contributed by atoms with Crippen LogP contribution in [0, 0.1) is 27.7 Å². The molecule has 6 nitrogen and oxygen atoms in total. The monoisotopic (exact) mass is 427 g/mol. The number of benzene rings is 1. The lowest BCUT2D eigenvalue weighted by atomic mass is 9.96. The second-order valence-corrected chi connectivity index (χ2v) is 9.80. The number of thioether (sulfide) groups is 1. The summed E-state index contributed by atoms with van der Waals surface area (Å²) >= 11 is 1.63. The zero-order chi connectivity index (χ0) is 21.0. The number of fused-ring (bicyclic) bond motifs is 2. The molecule has 4 aromatic rings. The Bertz CT molecular complexity index is 1300. The minimum Gasteiger partial charge on any atom is -0.296 e. The Morgan fingerprint density at radius 2 is 1.79 bits per heavy atom. The van der Waals surface area contributed by atoms with E-state index in [1.54, 1.807) is 16.4 Å². The predicted octanol–water partition coefficient (Wildman–Crippen LogP) is 4.39. The highest BCUT2D eigenvalue weighted by molar-refractivity contribution is 7.98. The van der Waals surface area contributed by atoms with Gasteiger partial charge in [0.15, 0.2) is 5.65 Å². The van der Waals surface area contributed by atoms with E-state index in [0.717, 1.165) is 43.1 Å². The smallest absolute Gasteiger partial charge is 0.233 e. The van der Waals surface area contributed by atoms with Gasteiger partial charge >= 0.3 is 0 Å². The van der Waals surface area contributed by atoms with Crippen LogP contribution in [0.3, 0.4) is 0 Å². The number of aromatic nitrogens is 5. The molecule has 0 radical (unpaired) electrons. The molecule has 0 saturated heterocycles. The zero-order valence-electron chi connectivity index (χ0n) is 17.8. The van der Waals surface area contributed by atoms with Crippen molar-refractivity contribution in [1.82, 2.24) is 24.3 Å². The van der Waals surface area contributed by atoms with Crippen LogP contribution in [-0.2, 0) is 17.8 Å². The van der Waals surface area contributed by atoms with Crippen molar-refractivity contribution in [3.05, 3.63) is 34.5 Å². The van der Waals surface area contributed by atoms with Gasteiger partial charge in [-0.1, -0.05) is 6.92 Å². The van der Waals surface area contributed by atoms with Crippen LogP contribution < -0.4 is 0 Å². The third-order valence-corrected chi connectivity index (χ3v) is 7.85. The number of hydrogen-bond acceptors (Lipinski definition) is 5. The van der Waals surface area contributed by atoms with Crippen molar-refractivity contribution < 1.29 is 4.21 Å². The SMILES string of the molecule is CCS(=O)c1c2c(C)c(C)c(C)c(C)c2nn1-c1nc2cc(SC)cnc2n1C. The molecule has 0 spiro atoms. The summed E-state index contributed by atoms with van der Waals surface area (Å²) in [6.07, 6.45) is 3.87. The molecule has 0 N–H and O–H groups in total. The van der Waals surface area contributed by atoms with Crippen LogP contribution in [0.5, 0.6) is 0 Å². The van der Waals surface area contributed by atoms with Gasteiger partial charge in [0.25, 0.3) is 0 Å². The lowest BCUT2D eigenvalue weighted by molar-refractivity contribution is 0.664. The summed E-state index contributed by atoms with van der Waals surface area (Å²) in [6, 6.07) is 2.03. The number of pyridine rings is 1. The summed E-state index contributed by atoms with van der Waals surface area (Å²) in [5, 5.41) is 6.62. The third-order valence-electron chi connectivity index (χ3n) is 5.82. The number of nitrogens with zero attached hydrogens (tertiary/aromatic N) is 5. The van der Waals surface area contributed by atoms with Crippen molar-refractivity contribution in [1.29, 1.82) is 0 Å². The Morgan fingerprint density at radius 3 is 2.45 bits per heavy atom. The predicted molar refractivity (Wildman–Crippen MR) is 121 cm³/mol. The summed E-state index contributed by atoms with van der Waals surface area (Å²) in [6.45, 7) is 10.4. The molecule has 1 atom stereocenters. The van der Waals surface area contributed by atoms with Crippen LogP contribution in [0.1, 0.15) is 29.2 Å². The fourth-order valence-electron chi connectivity index (χ4n) is 3.76. The van der Waals surface area contributed by atoms with E-state index in [-0.39, 0.29) is 0 Å². The van der Waals surface area contributed by atoms with Crippen molar-refractivity contribution >= 4 is 44.6 Å². The van der Waals surface area contributed by atoms with Gasteiger partial charge in [0.1, 0.15) is 10.5 Å². The minimum absolute atomic E-state index is 0.519. The molecule has 29 heavy (non-hydrogen) atoms. The van der Waals surface area contributed by atoms with Crippen molar-refractivity contribution in [2.45, 2.75) is 44.5 Å². The molecule has 0 aliphatic heterocycles. The van der Waals surface area contributed by atoms with Crippen LogP contribution in [0.4, 0.5) is 0 Å². The second-order valence-electron chi connectivity index (χ2n) is 7.26. The number of hydrogen-bond donors (Lipinski definition) is 0. The largest absolute Gasteiger partial charge is 0.296 e. The number of aryl methyl sites for hydroxylation is 3. The molecule has 8 heteroatoms. The zero-order valence-corrected chi connectivity index (χ0v) is 19.5. The average Bonchev–Trinajstić information content (AvgIpc) is 3.28. The Hall–Kier alpha value is -2.19. The van der Waals surface area contributed by atoms with Gasteiger partial charge in [0.2, 0.25) is 5.95 Å². The first-order chi connectivity index (χ1) is 13.8. The maximum atomic E-state index is 13.2. The summed E-state index contributed by atoms with van der Waals surface area (Å²) < 4.78 is 16.9. The molecule has 0 aliphatic rings. The van der Waals surface area contributed by atoms with Crippen molar-refractivity contribution in [3.8, 4) is 5.95 Å². The molecule has 0 amide bonds. The molecular weight excluding hydrogens is 402 g/mol. The van der Waals surface area contributed by atoms with Gasteiger partial charge in [0, 0.05) is 29.3 Å². The molecule has 0 fully saturated rings. The Labute approximate surface area is 177 Å². The minimum atomic E-state index is -1.19. The molecule has 0 aliphatic carbocycles. The molecule has 3 heterocycles. The first-order valence-corrected chi connectivity index (χ1v) is 12.1. The third kappa shape index (κ3) is 2.92. The van der Waals surface area contributed by atoms with Crippen LogP contribution in [0.2, 0.25) is 0 Å². The van der Waals surface area contributed by atoms with Crippen LogP contribution in [0.15, 0.2) is 22.2 Å². The lowest BCUT2D eigenvalue weighted by Crippen LogP contribution is -2.11. The highest BCUT2D eigenvalue weighted by atomic mass is 32.2. The Kier molecular flexibility index (Phi) is 5.02. The van der Waals surface area contributed by atoms with E-state index in [1.807, 2.05) is 37.1 Å². The maximum Gasteiger partial charge on any atom is 0.233 e. The van der Waals surface area contributed by atoms with Crippen LogP contribution >= 0.6 is 11.8 Å². The molecular formula is C21H25N5OS2. The van der Waals surface area contributed by atoms with E-state index >= 15 is 0 Å². The van der Waals surface area contributed by atoms with Crippen molar-refractivity contribution in [2.75, 3.05) is 12.0 Å². The first kappa shape index (κ1) is 20.1. The van der Waals surface area contributed by atoms with E-state index in [9.17, 15) is 4.21 Å². The Balaban J connectivity index is 2.13. The highest BCUT2D eigenvalue weighted by Gasteiger charge is 2.25. The maximum absolute atomic E-state index is 13.2. The summed E-state index contributed by atoms with van der Waals surface area (Å²) in [5.74, 6) is 1.15. The molecule has 1 aromatic carbocycles. The standard InChI is InChI=1S/C21H25N5OS2/c1-8-29(27)20-17-13(4)11(2)12(3)14(5)18(17)24-26(20)21-23-16-9-15(28-7)10-22-19(16)25(21)6/h9-10H,8H2,1-7H3. The fraction of sp³-hybridized carbons (Fsp3) is 0.381. The van der Waals surface area contributed by atoms with Gasteiger partial charge in [-0.05, 0) is 62.3 Å². The molecule has 3 aromatic heterocycles. The van der Waals surface area contributed by atoms with Gasteiger partial charge in [-0.2, -0.15) is 9.78 Å². The van der Waals surface area contributed by atoms with Gasteiger partial charge in [-0.25, -0.2) is 9.97 Å². The second kappa shape index (κ2) is 7.25. The van der Waals surface area contributed by atoms with Crippen molar-refractivity contribution in [2.24, 2.45) is 7.05 Å². The Morgan fingerprint density at radius 1 is 1.10 bits per heavy atom. The summed E-state index contributed by atoms with van der Waals surface area (Å²) in [4.78, 5) is 10.5. The molecule has 0 saturated carbocycles. The lowest BCUT2D eigenvalue weighted by Gasteiger charge is -2.11. The van der Waals surface area contributed by atoms with Gasteiger partial charge in [-0.15, -0.1) is 11.8 Å². The van der Waals surface area contributed by atoms with E-state index in [2.05, 4.69) is 32.7 Å². The van der Waals surface area contributed by atoms with E-state index in [0.29, 0.717) is 11.7 Å². The molecule has 0 bridgehead atoms. The van der Waals surface area contributed by atoms with Gasteiger partial charge in [-0.3, -0.25) is 8.78 Å². The first-order valence-electron chi connectivity index (χ1n) is 9.54. The summed E-state index contributed by atoms with van der Waals surface area (Å²) in [7, 11) is 0.736. The quantitative estimate of drug-likeness (QED) is 0.452. The molecule has 1 unspecified atom stereocenters. The average molecular weight is 428 g/mol. The van der Waals surface area contributed by atoms with E-state index in [1.165, 1.54) is 11.1 Å². The normalized spacial score (nSPS) is 12.9. The highest BCUT2D eigenvalue weighted by Crippen LogP contribution is 2.34. The molecule has 152 valence electrons. The fourth-order valence-corrected chi connectivity index (χ4v) is 5.21. The van der Waals surface area contributed by atoms with E-state index < -0.39 is 10.8 Å². The summed E-state index contributed by atoms with van der Waals surface area (Å²) in [5.41, 5.74) is 7.19. The number of imidazole rings is 1. The van der Waals surface area contributed by atoms with Crippen molar-refractivity contribution in [3.63, 3.8) is 0 Å². The topological polar surface area (TPSA) is 65.6 Å². The van der Waals surface area contributed by atoms with Crippen LogP contribution in [0.25, 0.3) is 28.0 Å². The van der Waals surface area contributed by atoms with Crippen LogP contribution in [-0.4, -0.2) is 40.5 Å². The van der Waals surface area contributed by atoms with Gasteiger partial charge in [0.05, 0.1) is 16.3 Å². The molecule has 4 rings (SSSR count). The van der Waals surface area contributed by atoms with Gasteiger partial charge < -0.3 is 0 Å².